The molecule has 8 heteroatoms. The predicted molar refractivity (Wildman–Crippen MR) is 121 cm³/mol. The molecule has 0 radical (unpaired) electrons. The average Bonchev–Trinajstić information content (AvgIpc) is 3.20. The lowest BCUT2D eigenvalue weighted by Gasteiger charge is -2.26. The molecule has 31 heavy (non-hydrogen) atoms. The van der Waals surface area contributed by atoms with E-state index in [-0.39, 0.29) is 11.2 Å². The molecule has 0 saturated carbocycles. The van der Waals surface area contributed by atoms with Crippen molar-refractivity contribution in [3.63, 3.8) is 0 Å². The molecule has 1 aromatic heterocycles. The number of hydrogen-bond donors (Lipinski definition) is 0. The van der Waals surface area contributed by atoms with Gasteiger partial charge in [-0.3, -0.25) is 9.36 Å². The van der Waals surface area contributed by atoms with Gasteiger partial charge in [0.15, 0.2) is 28.6 Å². The van der Waals surface area contributed by atoms with Crippen LogP contribution in [0.1, 0.15) is 18.9 Å². The first kappa shape index (κ1) is 21.0. The molecule has 2 unspecified atom stereocenters. The van der Waals surface area contributed by atoms with Crippen LogP contribution in [0.5, 0.6) is 11.5 Å². The Kier molecular flexibility index (Phi) is 6.27. The summed E-state index contributed by atoms with van der Waals surface area (Å²) in [6, 6.07) is 17.1. The third kappa shape index (κ3) is 4.44. The average molecular weight is 437 g/mol. The van der Waals surface area contributed by atoms with Gasteiger partial charge in [0.2, 0.25) is 5.91 Å². The van der Waals surface area contributed by atoms with E-state index >= 15 is 0 Å². The van der Waals surface area contributed by atoms with Crippen LogP contribution in [-0.4, -0.2) is 39.6 Å². The minimum absolute atomic E-state index is 0.0166. The summed E-state index contributed by atoms with van der Waals surface area (Å²) in [6.45, 7) is 6.56. The second kappa shape index (κ2) is 9.26. The van der Waals surface area contributed by atoms with Gasteiger partial charge in [-0.2, -0.15) is 0 Å². The number of carbonyl (C=O) groups excluding carboxylic acids is 1. The Balaban J connectivity index is 1.52. The number of benzene rings is 2. The fraction of sp³-hybridized carbons (Fsp3) is 0.261. The van der Waals surface area contributed by atoms with E-state index in [0.717, 1.165) is 5.69 Å². The van der Waals surface area contributed by atoms with E-state index < -0.39 is 6.10 Å². The molecule has 0 saturated heterocycles. The molecule has 7 nitrogen and oxygen atoms in total. The molecule has 2 aromatic carbocycles. The maximum Gasteiger partial charge on any atom is 0.240 e. The van der Waals surface area contributed by atoms with E-state index in [2.05, 4.69) is 16.8 Å². The van der Waals surface area contributed by atoms with Crippen molar-refractivity contribution in [2.75, 3.05) is 18.6 Å². The van der Waals surface area contributed by atoms with Gasteiger partial charge in [-0.25, -0.2) is 0 Å². The van der Waals surface area contributed by atoms with Crippen LogP contribution in [-0.2, 0) is 11.3 Å². The molecule has 4 rings (SSSR count). The van der Waals surface area contributed by atoms with E-state index in [9.17, 15) is 4.79 Å². The van der Waals surface area contributed by atoms with E-state index in [1.165, 1.54) is 11.8 Å². The van der Waals surface area contributed by atoms with Gasteiger partial charge in [0.25, 0.3) is 0 Å². The van der Waals surface area contributed by atoms with Crippen molar-refractivity contribution < 1.29 is 14.3 Å². The van der Waals surface area contributed by atoms with Crippen LogP contribution in [0.15, 0.2) is 72.4 Å². The number of fused-ring (bicyclic) bond motifs is 1. The Morgan fingerprint density at radius 3 is 2.68 bits per heavy atom. The van der Waals surface area contributed by atoms with Crippen molar-refractivity contribution >= 4 is 23.4 Å². The van der Waals surface area contributed by atoms with Crippen molar-refractivity contribution in [2.24, 2.45) is 0 Å². The highest BCUT2D eigenvalue weighted by Gasteiger charge is 2.30. The van der Waals surface area contributed by atoms with Crippen LogP contribution in [0.2, 0.25) is 0 Å². The molecule has 0 fully saturated rings. The lowest BCUT2D eigenvalue weighted by Crippen LogP contribution is -2.33. The number of ether oxygens (including phenoxy) is 2. The summed E-state index contributed by atoms with van der Waals surface area (Å²) >= 11 is 1.37. The molecule has 0 N–H and O–H groups in total. The lowest BCUT2D eigenvalue weighted by molar-refractivity contribution is -0.117. The molecule has 1 aliphatic rings. The zero-order valence-corrected chi connectivity index (χ0v) is 18.3. The highest BCUT2D eigenvalue weighted by molar-refractivity contribution is 8.00. The molecular weight excluding hydrogens is 412 g/mol. The van der Waals surface area contributed by atoms with Gasteiger partial charge in [0, 0.05) is 19.3 Å². The maximum absolute atomic E-state index is 12.9. The van der Waals surface area contributed by atoms with Gasteiger partial charge in [0.1, 0.15) is 6.61 Å². The Labute approximate surface area is 185 Å². The third-order valence-corrected chi connectivity index (χ3v) is 6.03. The zero-order chi connectivity index (χ0) is 21.8. The fourth-order valence-electron chi connectivity index (χ4n) is 3.33. The Bertz CT molecular complexity index is 1070. The summed E-state index contributed by atoms with van der Waals surface area (Å²) in [4.78, 5) is 14.6. The second-order valence-corrected chi connectivity index (χ2v) is 8.41. The number of para-hydroxylation sites is 3. The summed E-state index contributed by atoms with van der Waals surface area (Å²) in [5.41, 5.74) is 0.847. The molecule has 1 aliphatic heterocycles. The van der Waals surface area contributed by atoms with Gasteiger partial charge < -0.3 is 14.4 Å². The SMILES string of the molecule is C=CCn1c(SC(C)C(=O)N(C)c2ccccc2)nnc1C1COc2ccccc2O1. The third-order valence-electron chi connectivity index (χ3n) is 4.96. The topological polar surface area (TPSA) is 69.5 Å². The smallest absolute Gasteiger partial charge is 0.240 e. The molecular formula is C23H24N4O3S. The van der Waals surface area contributed by atoms with Crippen LogP contribution in [0.3, 0.4) is 0 Å². The van der Waals surface area contributed by atoms with Crippen LogP contribution in [0.25, 0.3) is 0 Å². The summed E-state index contributed by atoms with van der Waals surface area (Å²) in [6.07, 6.45) is 1.38. The Morgan fingerprint density at radius 2 is 1.94 bits per heavy atom. The minimum atomic E-state index is -0.394. The summed E-state index contributed by atoms with van der Waals surface area (Å²) in [5.74, 6) is 2.02. The van der Waals surface area contributed by atoms with Gasteiger partial charge >= 0.3 is 0 Å². The normalized spacial score (nSPS) is 15.9. The van der Waals surface area contributed by atoms with Crippen LogP contribution >= 0.6 is 11.8 Å². The highest BCUT2D eigenvalue weighted by atomic mass is 32.2. The number of thioether (sulfide) groups is 1. The molecule has 0 spiro atoms. The monoisotopic (exact) mass is 436 g/mol. The van der Waals surface area contributed by atoms with E-state index in [0.29, 0.717) is 35.6 Å². The summed E-state index contributed by atoms with van der Waals surface area (Å²) in [5, 5.41) is 8.99. The van der Waals surface area contributed by atoms with Crippen LogP contribution in [0.4, 0.5) is 5.69 Å². The highest BCUT2D eigenvalue weighted by Crippen LogP contribution is 2.36. The van der Waals surface area contributed by atoms with Crippen molar-refractivity contribution in [1.29, 1.82) is 0 Å². The maximum atomic E-state index is 12.9. The Morgan fingerprint density at radius 1 is 1.23 bits per heavy atom. The molecule has 2 atom stereocenters. The molecule has 3 aromatic rings. The number of aromatic nitrogens is 3. The summed E-state index contributed by atoms with van der Waals surface area (Å²) < 4.78 is 13.9. The molecule has 1 amide bonds. The standard InChI is InChI=1S/C23H24N4O3S/c1-4-14-27-21(20-15-29-18-12-8-9-13-19(18)30-20)24-25-23(27)31-16(2)22(28)26(3)17-10-6-5-7-11-17/h4-13,16,20H,1,14-15H2,2-3H3. The number of anilines is 1. The largest absolute Gasteiger partial charge is 0.485 e. The van der Waals surface area contributed by atoms with Crippen molar-refractivity contribution in [1.82, 2.24) is 14.8 Å². The number of nitrogens with zero attached hydrogens (tertiary/aromatic N) is 4. The van der Waals surface area contributed by atoms with Gasteiger partial charge in [-0.1, -0.05) is 48.2 Å². The van der Waals surface area contributed by atoms with Gasteiger partial charge in [-0.15, -0.1) is 16.8 Å². The van der Waals surface area contributed by atoms with Crippen molar-refractivity contribution in [2.45, 2.75) is 30.0 Å². The predicted octanol–water partition coefficient (Wildman–Crippen LogP) is 4.12. The minimum Gasteiger partial charge on any atom is -0.485 e. The molecule has 160 valence electrons. The van der Waals surface area contributed by atoms with E-state index in [1.54, 1.807) is 18.0 Å². The van der Waals surface area contributed by atoms with Crippen LogP contribution in [0, 0.1) is 0 Å². The molecule has 0 bridgehead atoms. The first-order chi connectivity index (χ1) is 15.1. The first-order valence-corrected chi connectivity index (χ1v) is 10.9. The zero-order valence-electron chi connectivity index (χ0n) is 17.5. The van der Waals surface area contributed by atoms with E-state index in [1.807, 2.05) is 66.1 Å². The van der Waals surface area contributed by atoms with Crippen LogP contribution < -0.4 is 14.4 Å². The van der Waals surface area contributed by atoms with Gasteiger partial charge in [-0.05, 0) is 31.2 Å². The second-order valence-electron chi connectivity index (χ2n) is 7.10. The number of allylic oxidation sites excluding steroid dienone is 1. The van der Waals surface area contributed by atoms with Gasteiger partial charge in [0.05, 0.1) is 5.25 Å². The fourth-order valence-corrected chi connectivity index (χ4v) is 4.29. The van der Waals surface area contributed by atoms with Crippen molar-refractivity contribution in [3.05, 3.63) is 73.1 Å². The Hall–Kier alpha value is -3.26. The summed E-state index contributed by atoms with van der Waals surface area (Å²) in [7, 11) is 1.78. The quantitative estimate of drug-likeness (QED) is 0.410. The number of amides is 1. The number of hydrogen-bond acceptors (Lipinski definition) is 6. The van der Waals surface area contributed by atoms with E-state index in [4.69, 9.17) is 9.47 Å². The molecule has 2 heterocycles. The van der Waals surface area contributed by atoms with Crippen molar-refractivity contribution in [3.8, 4) is 11.5 Å². The lowest BCUT2D eigenvalue weighted by atomic mass is 10.2. The first-order valence-electron chi connectivity index (χ1n) is 10.00. The molecule has 0 aliphatic carbocycles. The number of rotatable bonds is 7. The number of carbonyl (C=O) groups is 1.